The summed E-state index contributed by atoms with van der Waals surface area (Å²) in [5.41, 5.74) is -0.566. The predicted octanol–water partition coefficient (Wildman–Crippen LogP) is 0.626. The van der Waals surface area contributed by atoms with E-state index in [1.807, 2.05) is 13.8 Å². The van der Waals surface area contributed by atoms with E-state index in [1.54, 1.807) is 0 Å². The number of carbonyl (C=O) groups is 2. The number of amides is 1. The highest BCUT2D eigenvalue weighted by Gasteiger charge is 2.20. The van der Waals surface area contributed by atoms with E-state index in [0.29, 0.717) is 0 Å². The van der Waals surface area contributed by atoms with Crippen molar-refractivity contribution < 1.29 is 9.59 Å². The Morgan fingerprint density at radius 2 is 2.11 bits per heavy atom. The SMILES string of the molecule is CC(=O)C(NC(=O)Cn1cc(Cl)cnc1=O)C(C)C. The Labute approximate surface area is 115 Å². The maximum Gasteiger partial charge on any atom is 0.348 e. The van der Waals surface area contributed by atoms with E-state index in [2.05, 4.69) is 10.3 Å². The first-order chi connectivity index (χ1) is 8.81. The highest BCUT2D eigenvalue weighted by atomic mass is 35.5. The Morgan fingerprint density at radius 3 is 2.63 bits per heavy atom. The van der Waals surface area contributed by atoms with Crippen molar-refractivity contribution in [3.63, 3.8) is 0 Å². The molecule has 104 valence electrons. The van der Waals surface area contributed by atoms with E-state index in [0.717, 1.165) is 4.57 Å². The van der Waals surface area contributed by atoms with Crippen LogP contribution in [0.4, 0.5) is 0 Å². The second-order valence-corrected chi connectivity index (χ2v) is 5.02. The largest absolute Gasteiger partial charge is 0.348 e. The summed E-state index contributed by atoms with van der Waals surface area (Å²) in [4.78, 5) is 38.1. The van der Waals surface area contributed by atoms with Gasteiger partial charge in [0.1, 0.15) is 6.54 Å². The Balaban J connectivity index is 2.77. The number of nitrogens with zero attached hydrogens (tertiary/aromatic N) is 2. The van der Waals surface area contributed by atoms with Crippen LogP contribution < -0.4 is 11.0 Å². The van der Waals surface area contributed by atoms with Gasteiger partial charge in [0.05, 0.1) is 17.3 Å². The highest BCUT2D eigenvalue weighted by molar-refractivity contribution is 6.30. The first kappa shape index (κ1) is 15.4. The molecule has 0 spiro atoms. The molecule has 0 fully saturated rings. The maximum atomic E-state index is 11.8. The fourth-order valence-electron chi connectivity index (χ4n) is 1.65. The second-order valence-electron chi connectivity index (χ2n) is 4.58. The van der Waals surface area contributed by atoms with Crippen molar-refractivity contribution in [3.8, 4) is 0 Å². The molecule has 1 amide bonds. The zero-order valence-corrected chi connectivity index (χ0v) is 11.8. The molecule has 1 atom stereocenters. The molecule has 0 aliphatic carbocycles. The zero-order valence-electron chi connectivity index (χ0n) is 11.0. The Morgan fingerprint density at radius 1 is 1.47 bits per heavy atom. The van der Waals surface area contributed by atoms with Gasteiger partial charge in [0.25, 0.3) is 0 Å². The lowest BCUT2D eigenvalue weighted by Gasteiger charge is -2.19. The quantitative estimate of drug-likeness (QED) is 0.860. The van der Waals surface area contributed by atoms with Crippen LogP contribution in [0.15, 0.2) is 17.2 Å². The van der Waals surface area contributed by atoms with Crippen LogP contribution in [-0.4, -0.2) is 27.3 Å². The number of carbonyl (C=O) groups excluding carboxylic acids is 2. The topological polar surface area (TPSA) is 81.1 Å². The van der Waals surface area contributed by atoms with E-state index in [-0.39, 0.29) is 23.3 Å². The lowest BCUT2D eigenvalue weighted by Crippen LogP contribution is -2.45. The molecule has 0 saturated carbocycles. The van der Waals surface area contributed by atoms with Crippen LogP contribution in [0.25, 0.3) is 0 Å². The standard InChI is InChI=1S/C12H16ClN3O3/c1-7(2)11(8(3)17)15-10(18)6-16-5-9(13)4-14-12(16)19/h4-5,7,11H,6H2,1-3H3,(H,15,18). The lowest BCUT2D eigenvalue weighted by atomic mass is 10.0. The monoisotopic (exact) mass is 285 g/mol. The molecule has 0 aliphatic heterocycles. The molecular weight excluding hydrogens is 270 g/mol. The van der Waals surface area contributed by atoms with Crippen LogP contribution in [-0.2, 0) is 16.1 Å². The summed E-state index contributed by atoms with van der Waals surface area (Å²) < 4.78 is 1.09. The summed E-state index contributed by atoms with van der Waals surface area (Å²) in [6.45, 7) is 4.86. The fraction of sp³-hybridized carbons (Fsp3) is 0.500. The van der Waals surface area contributed by atoms with Crippen LogP contribution in [0.2, 0.25) is 5.02 Å². The van der Waals surface area contributed by atoms with Crippen molar-refractivity contribution >= 4 is 23.3 Å². The van der Waals surface area contributed by atoms with Gasteiger partial charge in [-0.05, 0) is 12.8 Å². The van der Waals surface area contributed by atoms with Crippen molar-refractivity contribution in [2.24, 2.45) is 5.92 Å². The summed E-state index contributed by atoms with van der Waals surface area (Å²) in [6.07, 6.45) is 2.54. The third-order valence-electron chi connectivity index (χ3n) is 2.56. The van der Waals surface area contributed by atoms with Crippen LogP contribution in [0, 0.1) is 5.92 Å². The molecule has 1 aromatic heterocycles. The summed E-state index contributed by atoms with van der Waals surface area (Å²) in [5.74, 6) is -0.573. The van der Waals surface area contributed by atoms with Gasteiger partial charge < -0.3 is 5.32 Å². The van der Waals surface area contributed by atoms with Gasteiger partial charge in [-0.15, -0.1) is 0 Å². The van der Waals surface area contributed by atoms with E-state index in [9.17, 15) is 14.4 Å². The van der Waals surface area contributed by atoms with Crippen LogP contribution in [0.1, 0.15) is 20.8 Å². The molecular formula is C12H16ClN3O3. The van der Waals surface area contributed by atoms with Gasteiger partial charge in [-0.3, -0.25) is 14.2 Å². The third kappa shape index (κ3) is 4.48. The Kier molecular flexibility index (Phi) is 5.23. The van der Waals surface area contributed by atoms with Gasteiger partial charge in [0, 0.05) is 6.20 Å². The molecule has 6 nitrogen and oxygen atoms in total. The highest BCUT2D eigenvalue weighted by Crippen LogP contribution is 2.04. The molecule has 1 aromatic rings. The molecule has 1 rings (SSSR count). The molecule has 7 heteroatoms. The van der Waals surface area contributed by atoms with Crippen LogP contribution in [0.3, 0.4) is 0 Å². The second kappa shape index (κ2) is 6.47. The number of Topliss-reactive ketones (excluding diaryl/α,β-unsaturated/α-hetero) is 1. The summed E-state index contributed by atoms with van der Waals surface area (Å²) in [7, 11) is 0. The number of aromatic nitrogens is 2. The molecule has 0 saturated heterocycles. The smallest absolute Gasteiger partial charge is 0.344 e. The van der Waals surface area contributed by atoms with E-state index in [1.165, 1.54) is 19.3 Å². The zero-order chi connectivity index (χ0) is 14.6. The predicted molar refractivity (Wildman–Crippen MR) is 71.0 cm³/mol. The third-order valence-corrected chi connectivity index (χ3v) is 2.75. The Hall–Kier alpha value is -1.69. The molecule has 0 aromatic carbocycles. The molecule has 1 unspecified atom stereocenters. The van der Waals surface area contributed by atoms with Gasteiger partial charge in [0.2, 0.25) is 5.91 Å². The number of ketones is 1. The van der Waals surface area contributed by atoms with Crippen molar-refractivity contribution in [3.05, 3.63) is 27.9 Å². The van der Waals surface area contributed by atoms with Gasteiger partial charge >= 0.3 is 5.69 Å². The van der Waals surface area contributed by atoms with Gasteiger partial charge in [-0.2, -0.15) is 0 Å². The molecule has 0 bridgehead atoms. The molecule has 0 radical (unpaired) electrons. The number of halogens is 1. The number of hydrogen-bond acceptors (Lipinski definition) is 4. The van der Waals surface area contributed by atoms with Crippen molar-refractivity contribution in [1.82, 2.24) is 14.9 Å². The average Bonchev–Trinajstić information content (AvgIpc) is 2.30. The number of rotatable bonds is 5. The van der Waals surface area contributed by atoms with Crippen LogP contribution in [0.5, 0.6) is 0 Å². The minimum Gasteiger partial charge on any atom is -0.344 e. The Bertz CT molecular complexity index is 539. The molecule has 1 N–H and O–H groups in total. The maximum absolute atomic E-state index is 11.8. The van der Waals surface area contributed by atoms with Gasteiger partial charge in [0.15, 0.2) is 5.78 Å². The van der Waals surface area contributed by atoms with E-state index >= 15 is 0 Å². The van der Waals surface area contributed by atoms with Crippen LogP contribution >= 0.6 is 11.6 Å². The molecule has 1 heterocycles. The fourth-order valence-corrected chi connectivity index (χ4v) is 1.82. The first-order valence-electron chi connectivity index (χ1n) is 5.83. The minimum atomic E-state index is -0.566. The number of hydrogen-bond donors (Lipinski definition) is 1. The van der Waals surface area contributed by atoms with Crippen molar-refractivity contribution in [2.75, 3.05) is 0 Å². The number of nitrogens with one attached hydrogen (secondary N) is 1. The first-order valence-corrected chi connectivity index (χ1v) is 6.21. The average molecular weight is 286 g/mol. The summed E-state index contributed by atoms with van der Waals surface area (Å²) >= 11 is 5.70. The van der Waals surface area contributed by atoms with E-state index in [4.69, 9.17) is 11.6 Å². The van der Waals surface area contributed by atoms with Gasteiger partial charge in [-0.1, -0.05) is 25.4 Å². The normalized spacial score (nSPS) is 12.3. The summed E-state index contributed by atoms with van der Waals surface area (Å²) in [6, 6.07) is -0.560. The lowest BCUT2D eigenvalue weighted by molar-refractivity contribution is -0.128. The van der Waals surface area contributed by atoms with Gasteiger partial charge in [-0.25, -0.2) is 9.78 Å². The molecule has 19 heavy (non-hydrogen) atoms. The van der Waals surface area contributed by atoms with Crippen molar-refractivity contribution in [2.45, 2.75) is 33.4 Å². The molecule has 0 aliphatic rings. The van der Waals surface area contributed by atoms with Crippen molar-refractivity contribution in [1.29, 1.82) is 0 Å². The minimum absolute atomic E-state index is 0.0179. The van der Waals surface area contributed by atoms with E-state index < -0.39 is 17.6 Å². The summed E-state index contributed by atoms with van der Waals surface area (Å²) in [5, 5.41) is 2.86.